The first-order valence-corrected chi connectivity index (χ1v) is 13.8. The fourth-order valence-electron chi connectivity index (χ4n) is 5.21. The predicted octanol–water partition coefficient (Wildman–Crippen LogP) is -0.0494. The summed E-state index contributed by atoms with van der Waals surface area (Å²) in [6.45, 7) is 1.16. The number of nitrogens with one attached hydrogen (secondary N) is 1. The van der Waals surface area contributed by atoms with Crippen LogP contribution in [0.3, 0.4) is 0 Å². The van der Waals surface area contributed by atoms with Gasteiger partial charge in [-0.1, -0.05) is 18.5 Å². The molecule has 0 aromatic heterocycles. The summed E-state index contributed by atoms with van der Waals surface area (Å²) in [5.41, 5.74) is -1.24. The second-order valence-corrected chi connectivity index (χ2v) is 13.2. The predicted molar refractivity (Wildman–Crippen MR) is 151 cm³/mol. The molecule has 4 atom stereocenters. The number of carbonyl (C=O) groups excluding carboxylic acids is 1. The number of sulfone groups is 1. The smallest absolute Gasteiger partial charge is 0.255 e. The van der Waals surface area contributed by atoms with Gasteiger partial charge in [0.15, 0.2) is 27.3 Å². The zero-order chi connectivity index (χ0) is 28.8. The highest BCUT2D eigenvalue weighted by atomic mass is 35.5. The molecule has 0 aliphatic heterocycles. The van der Waals surface area contributed by atoms with Crippen LogP contribution in [0.5, 0.6) is 0 Å². The third-order valence-corrected chi connectivity index (χ3v) is 11.1. The van der Waals surface area contributed by atoms with Crippen LogP contribution in [0.25, 0.3) is 0 Å². The van der Waals surface area contributed by atoms with Crippen LogP contribution in [0.15, 0.2) is 46.1 Å². The number of hydrogen-bond donors (Lipinski definition) is 3. The summed E-state index contributed by atoms with van der Waals surface area (Å²) in [4.78, 5) is 12.5. The third kappa shape index (κ3) is 5.33. The lowest BCUT2D eigenvalue weighted by atomic mass is 9.51. The van der Waals surface area contributed by atoms with Crippen LogP contribution in [0.1, 0.15) is 30.1 Å². The van der Waals surface area contributed by atoms with Gasteiger partial charge in [0.1, 0.15) is 31.4 Å². The van der Waals surface area contributed by atoms with E-state index in [2.05, 4.69) is 5.32 Å². The van der Waals surface area contributed by atoms with E-state index >= 15 is 0 Å². The van der Waals surface area contributed by atoms with E-state index in [9.17, 15) is 36.6 Å². The number of aliphatic hydroxyl groups is 2. The Kier molecular flexibility index (Phi) is 8.63. The summed E-state index contributed by atoms with van der Waals surface area (Å²) < 4.78 is 67.6. The van der Waals surface area contributed by atoms with Gasteiger partial charge in [-0.2, -0.15) is 5.37 Å². The Morgan fingerprint density at radius 3 is 2.24 bits per heavy atom. The topological polar surface area (TPSA) is 104 Å². The number of halogens is 4. The molecule has 2 aromatic carbocycles. The van der Waals surface area contributed by atoms with Crippen molar-refractivity contribution in [2.24, 2.45) is 11.8 Å². The van der Waals surface area contributed by atoms with Gasteiger partial charge in [0.05, 0.1) is 26.8 Å². The number of rotatable bonds is 6. The second-order valence-electron chi connectivity index (χ2n) is 10.5. The van der Waals surface area contributed by atoms with Crippen molar-refractivity contribution in [3.05, 3.63) is 69.2 Å². The summed E-state index contributed by atoms with van der Waals surface area (Å²) >= 11 is 6.35. The Morgan fingerprint density at radius 2 is 1.71 bits per heavy atom. The van der Waals surface area contributed by atoms with Crippen LogP contribution in [-0.2, 0) is 9.84 Å². The molecular formula is C23H27B4ClF3NO5S. The Hall–Kier alpha value is -2.14. The maximum absolute atomic E-state index is 14.3. The first kappa shape index (κ1) is 30.4. The Bertz CT molecular complexity index is 1400. The van der Waals surface area contributed by atoms with Gasteiger partial charge in [-0.15, -0.1) is 5.47 Å². The van der Waals surface area contributed by atoms with Gasteiger partial charge >= 0.3 is 0 Å². The first-order valence-electron chi connectivity index (χ1n) is 12.0. The standard InChI is InChI=1S/C23H27B4ClF3NO5S/c1-10-7-22(35,9-33)8-13(18(24)20(25)26)23(10,27)38(36,37)17-4-11(2-3-14(17)28)21(34)32-12-5-15(29)19(31)16(30)6-12/h2-6,10,13,33,35H,7-9,24-27H2,1H3,(H,32,34)/t10?,13-,22+,23+/m1/s1. The number of amides is 1. The molecule has 0 spiro atoms. The largest absolute Gasteiger partial charge is 0.393 e. The molecule has 1 aliphatic rings. The molecule has 1 fully saturated rings. The maximum Gasteiger partial charge on any atom is 0.255 e. The maximum atomic E-state index is 14.3. The Balaban J connectivity index is 2.10. The molecule has 0 bridgehead atoms. The minimum absolute atomic E-state index is 0.0000736. The normalized spacial score (nSPS) is 25.6. The quantitative estimate of drug-likeness (QED) is 0.337. The fourth-order valence-corrected chi connectivity index (χ4v) is 7.96. The van der Waals surface area contributed by atoms with E-state index in [1.165, 1.54) is 12.1 Å². The zero-order valence-corrected chi connectivity index (χ0v) is 23.3. The number of allylic oxidation sites excluding steroid dienone is 1. The molecule has 2 aromatic rings. The van der Waals surface area contributed by atoms with Crippen LogP contribution in [-0.4, -0.2) is 72.8 Å². The molecule has 15 heteroatoms. The van der Waals surface area contributed by atoms with Crippen molar-refractivity contribution >= 4 is 64.4 Å². The molecule has 0 radical (unpaired) electrons. The number of hydrogen-bond acceptors (Lipinski definition) is 5. The Morgan fingerprint density at radius 1 is 1.13 bits per heavy atom. The molecule has 1 aliphatic carbocycles. The van der Waals surface area contributed by atoms with E-state index in [0.717, 1.165) is 16.9 Å². The average Bonchev–Trinajstić information content (AvgIpc) is 2.84. The SMILES string of the molecule is BC(B)=C(B)[C@H]1C[C@](O)(CO)CC(C)[C@]1(B)S(=O)(=O)c1cc(C(=O)Nc2cc(F)c(F)c(F)c2)ccc1Cl. The number of benzene rings is 2. The summed E-state index contributed by atoms with van der Waals surface area (Å²) in [5.74, 6) is -6.89. The van der Waals surface area contributed by atoms with Crippen molar-refractivity contribution in [2.45, 2.75) is 34.9 Å². The van der Waals surface area contributed by atoms with Crippen molar-refractivity contribution in [3.63, 3.8) is 0 Å². The van der Waals surface area contributed by atoms with E-state index in [0.29, 0.717) is 12.1 Å². The summed E-state index contributed by atoms with van der Waals surface area (Å²) in [6.07, 6.45) is 0.0192. The Labute approximate surface area is 228 Å². The minimum Gasteiger partial charge on any atom is -0.393 e. The van der Waals surface area contributed by atoms with Gasteiger partial charge in [-0.25, -0.2) is 21.6 Å². The summed E-state index contributed by atoms with van der Waals surface area (Å²) in [7, 11) is 2.75. The van der Waals surface area contributed by atoms with Gasteiger partial charge in [0.25, 0.3) is 5.91 Å². The van der Waals surface area contributed by atoms with Gasteiger partial charge in [-0.05, 0) is 42.9 Å². The highest BCUT2D eigenvalue weighted by Crippen LogP contribution is 2.51. The van der Waals surface area contributed by atoms with Crippen molar-refractivity contribution in [1.29, 1.82) is 0 Å². The van der Waals surface area contributed by atoms with Crippen molar-refractivity contribution in [2.75, 3.05) is 11.9 Å². The van der Waals surface area contributed by atoms with Gasteiger partial charge in [0, 0.05) is 23.4 Å². The molecule has 0 saturated heterocycles. The van der Waals surface area contributed by atoms with Gasteiger partial charge in [0.2, 0.25) is 0 Å². The first-order chi connectivity index (χ1) is 17.5. The van der Waals surface area contributed by atoms with Crippen LogP contribution in [0.4, 0.5) is 18.9 Å². The molecule has 6 nitrogen and oxygen atoms in total. The minimum atomic E-state index is -4.28. The molecular weight excluding hydrogens is 538 g/mol. The summed E-state index contributed by atoms with van der Waals surface area (Å²) in [5, 5.41) is 23.8. The van der Waals surface area contributed by atoms with E-state index in [1.807, 2.05) is 15.7 Å². The van der Waals surface area contributed by atoms with Crippen molar-refractivity contribution in [1.82, 2.24) is 0 Å². The highest BCUT2D eigenvalue weighted by Gasteiger charge is 2.57. The summed E-state index contributed by atoms with van der Waals surface area (Å²) in [6, 6.07) is 4.78. The number of carbonyl (C=O) groups is 1. The molecule has 0 heterocycles. The van der Waals surface area contributed by atoms with Crippen molar-refractivity contribution in [3.8, 4) is 0 Å². The molecule has 200 valence electrons. The number of anilines is 1. The number of aliphatic hydroxyl groups excluding tert-OH is 1. The van der Waals surface area contributed by atoms with E-state index in [-0.39, 0.29) is 34.0 Å². The molecule has 1 unspecified atom stereocenters. The van der Waals surface area contributed by atoms with Gasteiger partial charge < -0.3 is 15.5 Å². The monoisotopic (exact) mass is 565 g/mol. The van der Waals surface area contributed by atoms with E-state index < -0.39 is 61.9 Å². The highest BCUT2D eigenvalue weighted by molar-refractivity contribution is 7.94. The molecule has 38 heavy (non-hydrogen) atoms. The zero-order valence-electron chi connectivity index (χ0n) is 21.7. The lowest BCUT2D eigenvalue weighted by Crippen LogP contribution is -2.61. The third-order valence-electron chi connectivity index (χ3n) is 7.85. The lowest BCUT2D eigenvalue weighted by molar-refractivity contribution is -0.0687. The van der Waals surface area contributed by atoms with E-state index in [4.69, 9.17) is 11.6 Å². The van der Waals surface area contributed by atoms with Crippen LogP contribution in [0.2, 0.25) is 5.02 Å². The lowest BCUT2D eigenvalue weighted by Gasteiger charge is -2.52. The van der Waals surface area contributed by atoms with Crippen LogP contribution < -0.4 is 5.32 Å². The van der Waals surface area contributed by atoms with Crippen LogP contribution >= 0.6 is 11.6 Å². The van der Waals surface area contributed by atoms with Gasteiger partial charge in [-0.3, -0.25) is 4.79 Å². The van der Waals surface area contributed by atoms with Crippen LogP contribution in [0, 0.1) is 29.3 Å². The molecule has 3 N–H and O–H groups in total. The average molecular weight is 565 g/mol. The fraction of sp³-hybridized carbons (Fsp3) is 0.348. The van der Waals surface area contributed by atoms with Crippen molar-refractivity contribution < 1.29 is 36.6 Å². The molecule has 1 amide bonds. The van der Waals surface area contributed by atoms with E-state index in [1.54, 1.807) is 22.6 Å². The molecule has 1 saturated carbocycles. The molecule has 3 rings (SSSR count). The second kappa shape index (κ2) is 10.8.